The molecule has 0 atom stereocenters. The summed E-state index contributed by atoms with van der Waals surface area (Å²) in [6.07, 6.45) is 2.46. The zero-order valence-corrected chi connectivity index (χ0v) is 23.4. The number of carbonyl (C=O) groups excluding carboxylic acids is 2. The van der Waals surface area contributed by atoms with Crippen LogP contribution in [0.2, 0.25) is 0 Å². The Kier molecular flexibility index (Phi) is 8.80. The Balaban J connectivity index is 1.56. The lowest BCUT2D eigenvalue weighted by molar-refractivity contribution is -0.122. The summed E-state index contributed by atoms with van der Waals surface area (Å²) in [5.74, 6) is -0.0133. The van der Waals surface area contributed by atoms with Crippen LogP contribution in [-0.2, 0) is 22.0 Å². The summed E-state index contributed by atoms with van der Waals surface area (Å²) in [4.78, 5) is 29.2. The molecule has 1 fully saturated rings. The van der Waals surface area contributed by atoms with Gasteiger partial charge in [-0.3, -0.25) is 14.5 Å². The molecule has 1 aliphatic heterocycles. The molecule has 7 nitrogen and oxygen atoms in total. The van der Waals surface area contributed by atoms with E-state index in [1.54, 1.807) is 0 Å². The highest BCUT2D eigenvalue weighted by atomic mass is 16.3. The van der Waals surface area contributed by atoms with E-state index in [2.05, 4.69) is 65.1 Å². The van der Waals surface area contributed by atoms with Gasteiger partial charge in [-0.2, -0.15) is 5.10 Å². The van der Waals surface area contributed by atoms with Crippen molar-refractivity contribution in [2.24, 2.45) is 5.10 Å². The molecule has 1 heterocycles. The SMILES string of the molecule is CCc1ccc(C(=O)N2CCN(CC(=O)N/N=C/c3cc(C(C)(C)C)cc(C(C)(C)C)c3O)CC2)cc1. The highest BCUT2D eigenvalue weighted by Crippen LogP contribution is 2.37. The number of phenolic OH excluding ortho intramolecular Hbond substituents is 1. The summed E-state index contributed by atoms with van der Waals surface area (Å²) in [5.41, 5.74) is 6.69. The number of phenols is 1. The van der Waals surface area contributed by atoms with Crippen LogP contribution in [0.15, 0.2) is 41.5 Å². The molecule has 2 aromatic rings. The van der Waals surface area contributed by atoms with Crippen molar-refractivity contribution in [1.29, 1.82) is 0 Å². The van der Waals surface area contributed by atoms with Gasteiger partial charge in [0.25, 0.3) is 11.8 Å². The van der Waals surface area contributed by atoms with Gasteiger partial charge in [-0.25, -0.2) is 5.43 Å². The number of rotatable bonds is 6. The van der Waals surface area contributed by atoms with Crippen LogP contribution in [-0.4, -0.2) is 65.7 Å². The largest absolute Gasteiger partial charge is 0.507 e. The molecule has 2 aromatic carbocycles. The summed E-state index contributed by atoms with van der Waals surface area (Å²) < 4.78 is 0. The number of hydrazone groups is 1. The molecular weight excluding hydrogens is 464 g/mol. The molecule has 1 saturated heterocycles. The zero-order valence-electron chi connectivity index (χ0n) is 23.4. The Morgan fingerprint density at radius 2 is 1.59 bits per heavy atom. The molecule has 37 heavy (non-hydrogen) atoms. The average Bonchev–Trinajstić information content (AvgIpc) is 2.83. The van der Waals surface area contributed by atoms with Gasteiger partial charge in [-0.05, 0) is 46.6 Å². The Hall–Kier alpha value is -3.19. The molecule has 0 unspecified atom stereocenters. The van der Waals surface area contributed by atoms with Crippen LogP contribution in [0.25, 0.3) is 0 Å². The maximum Gasteiger partial charge on any atom is 0.254 e. The molecule has 0 saturated carbocycles. The zero-order chi connectivity index (χ0) is 27.4. The second-order valence-electron chi connectivity index (χ2n) is 11.9. The van der Waals surface area contributed by atoms with Crippen molar-refractivity contribution in [3.63, 3.8) is 0 Å². The topological polar surface area (TPSA) is 85.2 Å². The molecular formula is C30H42N4O3. The minimum absolute atomic E-state index is 0.0308. The van der Waals surface area contributed by atoms with E-state index in [1.165, 1.54) is 11.8 Å². The van der Waals surface area contributed by atoms with Crippen molar-refractivity contribution in [2.75, 3.05) is 32.7 Å². The number of aryl methyl sites for hydroxylation is 1. The second kappa shape index (κ2) is 11.5. The summed E-state index contributed by atoms with van der Waals surface area (Å²) in [6, 6.07) is 11.7. The molecule has 0 radical (unpaired) electrons. The Labute approximate surface area is 221 Å². The monoisotopic (exact) mass is 506 g/mol. The molecule has 0 bridgehead atoms. The normalized spacial score (nSPS) is 15.3. The third kappa shape index (κ3) is 7.41. The van der Waals surface area contributed by atoms with Gasteiger partial charge in [0.05, 0.1) is 12.8 Å². The van der Waals surface area contributed by atoms with Crippen molar-refractivity contribution in [3.05, 3.63) is 64.2 Å². The second-order valence-corrected chi connectivity index (χ2v) is 11.9. The lowest BCUT2D eigenvalue weighted by Gasteiger charge is -2.34. The highest BCUT2D eigenvalue weighted by molar-refractivity contribution is 5.94. The number of piperazine rings is 1. The van der Waals surface area contributed by atoms with Crippen molar-refractivity contribution >= 4 is 18.0 Å². The number of hydrogen-bond acceptors (Lipinski definition) is 5. The number of amides is 2. The summed E-state index contributed by atoms with van der Waals surface area (Å²) >= 11 is 0. The fraction of sp³-hybridized carbons (Fsp3) is 0.500. The highest BCUT2D eigenvalue weighted by Gasteiger charge is 2.25. The van der Waals surface area contributed by atoms with Crippen molar-refractivity contribution in [2.45, 2.75) is 65.7 Å². The van der Waals surface area contributed by atoms with E-state index in [1.807, 2.05) is 40.1 Å². The average molecular weight is 507 g/mol. The molecule has 0 aromatic heterocycles. The van der Waals surface area contributed by atoms with Crippen LogP contribution < -0.4 is 5.43 Å². The van der Waals surface area contributed by atoms with Gasteiger partial charge < -0.3 is 10.0 Å². The van der Waals surface area contributed by atoms with E-state index in [0.29, 0.717) is 37.3 Å². The number of carbonyl (C=O) groups is 2. The van der Waals surface area contributed by atoms with Gasteiger partial charge in [0.1, 0.15) is 5.75 Å². The fourth-order valence-corrected chi connectivity index (χ4v) is 4.35. The first-order chi connectivity index (χ1) is 17.3. The number of aromatic hydroxyl groups is 1. The van der Waals surface area contributed by atoms with Gasteiger partial charge >= 0.3 is 0 Å². The number of hydrogen-bond donors (Lipinski definition) is 2. The van der Waals surface area contributed by atoms with E-state index in [4.69, 9.17) is 0 Å². The number of nitrogens with zero attached hydrogens (tertiary/aromatic N) is 3. The van der Waals surface area contributed by atoms with Gasteiger partial charge in [0.15, 0.2) is 0 Å². The molecule has 3 rings (SSSR count). The predicted octanol–water partition coefficient (Wildman–Crippen LogP) is 4.46. The summed E-state index contributed by atoms with van der Waals surface area (Å²) in [5, 5.41) is 15.0. The van der Waals surface area contributed by atoms with Crippen LogP contribution in [0.1, 0.15) is 81.1 Å². The van der Waals surface area contributed by atoms with E-state index in [-0.39, 0.29) is 34.9 Å². The maximum absolute atomic E-state index is 12.8. The van der Waals surface area contributed by atoms with Crippen molar-refractivity contribution in [3.8, 4) is 5.75 Å². The van der Waals surface area contributed by atoms with Gasteiger partial charge in [0, 0.05) is 42.9 Å². The molecule has 7 heteroatoms. The minimum Gasteiger partial charge on any atom is -0.507 e. The smallest absolute Gasteiger partial charge is 0.254 e. The minimum atomic E-state index is -0.236. The Morgan fingerprint density at radius 1 is 0.973 bits per heavy atom. The van der Waals surface area contributed by atoms with Gasteiger partial charge in [-0.1, -0.05) is 66.7 Å². The maximum atomic E-state index is 12.8. The van der Waals surface area contributed by atoms with Crippen LogP contribution in [0, 0.1) is 0 Å². The fourth-order valence-electron chi connectivity index (χ4n) is 4.35. The molecule has 0 aliphatic carbocycles. The number of nitrogens with one attached hydrogen (secondary N) is 1. The molecule has 0 spiro atoms. The van der Waals surface area contributed by atoms with Gasteiger partial charge in [0.2, 0.25) is 0 Å². The van der Waals surface area contributed by atoms with Gasteiger partial charge in [-0.15, -0.1) is 0 Å². The lowest BCUT2D eigenvalue weighted by atomic mass is 9.79. The first-order valence-electron chi connectivity index (χ1n) is 13.1. The first kappa shape index (κ1) is 28.4. The predicted molar refractivity (Wildman–Crippen MR) is 149 cm³/mol. The van der Waals surface area contributed by atoms with Crippen molar-refractivity contribution in [1.82, 2.24) is 15.2 Å². The quantitative estimate of drug-likeness (QED) is 0.448. The lowest BCUT2D eigenvalue weighted by Crippen LogP contribution is -2.50. The molecule has 2 N–H and O–H groups in total. The number of benzene rings is 2. The third-order valence-electron chi connectivity index (χ3n) is 6.84. The van der Waals surface area contributed by atoms with Crippen LogP contribution >= 0.6 is 0 Å². The molecule has 200 valence electrons. The summed E-state index contributed by atoms with van der Waals surface area (Å²) in [6.45, 7) is 17.3. The Bertz CT molecular complexity index is 1130. The standard InChI is InChI=1S/C30H42N4O3/c1-8-21-9-11-22(12-10-21)28(37)34-15-13-33(14-16-34)20-26(35)32-31-19-23-17-24(29(2,3)4)18-25(27(23)36)30(5,6)7/h9-12,17-19,36H,8,13-16,20H2,1-7H3,(H,32,35)/b31-19+. The van der Waals surface area contributed by atoms with Crippen LogP contribution in [0.3, 0.4) is 0 Å². The van der Waals surface area contributed by atoms with E-state index in [9.17, 15) is 14.7 Å². The van der Waals surface area contributed by atoms with Crippen LogP contribution in [0.4, 0.5) is 0 Å². The molecule has 2 amide bonds. The third-order valence-corrected chi connectivity index (χ3v) is 6.84. The van der Waals surface area contributed by atoms with E-state index >= 15 is 0 Å². The van der Waals surface area contributed by atoms with E-state index < -0.39 is 0 Å². The summed E-state index contributed by atoms with van der Waals surface area (Å²) in [7, 11) is 0. The molecule has 1 aliphatic rings. The Morgan fingerprint density at radius 3 is 2.14 bits per heavy atom. The van der Waals surface area contributed by atoms with Crippen molar-refractivity contribution < 1.29 is 14.7 Å². The first-order valence-corrected chi connectivity index (χ1v) is 13.1. The van der Waals surface area contributed by atoms with Crippen LogP contribution in [0.5, 0.6) is 5.75 Å². The van der Waals surface area contributed by atoms with E-state index in [0.717, 1.165) is 17.5 Å².